The highest BCUT2D eigenvalue weighted by Gasteiger charge is 2.07. The van der Waals surface area contributed by atoms with Gasteiger partial charge in [0.05, 0.1) is 4.47 Å². The Hall–Kier alpha value is -0.580. The lowest BCUT2D eigenvalue weighted by Crippen LogP contribution is -2.28. The molecule has 0 unspecified atom stereocenters. The second-order valence-electron chi connectivity index (χ2n) is 3.81. The summed E-state index contributed by atoms with van der Waals surface area (Å²) in [6, 6.07) is 5.95. The van der Waals surface area contributed by atoms with Crippen molar-refractivity contribution in [1.82, 2.24) is 4.90 Å². The van der Waals surface area contributed by atoms with Gasteiger partial charge in [-0.2, -0.15) is 0 Å². The molecular weight excluding hydrogens is 280 g/mol. The van der Waals surface area contributed by atoms with Crippen LogP contribution in [0.25, 0.3) is 0 Å². The quantitative estimate of drug-likeness (QED) is 0.841. The number of hydrogen-bond donors (Lipinski definition) is 1. The molecule has 0 saturated heterocycles. The maximum absolute atomic E-state index is 5.82. The average molecular weight is 301 g/mol. The first-order valence-corrected chi connectivity index (χ1v) is 6.84. The fraction of sp³-hybridized carbons (Fsp3) is 0.538. The van der Waals surface area contributed by atoms with Gasteiger partial charge in [0.25, 0.3) is 0 Å². The van der Waals surface area contributed by atoms with Crippen LogP contribution < -0.4 is 10.5 Å². The molecule has 0 saturated carbocycles. The number of rotatable bonds is 7. The zero-order chi connectivity index (χ0) is 12.7. The minimum Gasteiger partial charge on any atom is -0.491 e. The van der Waals surface area contributed by atoms with Crippen LogP contribution in [0.1, 0.15) is 19.4 Å². The van der Waals surface area contributed by atoms with E-state index in [1.165, 1.54) is 0 Å². The van der Waals surface area contributed by atoms with E-state index in [2.05, 4.69) is 34.7 Å². The Morgan fingerprint density at radius 2 is 2.00 bits per heavy atom. The first-order chi connectivity index (χ1) is 8.22. The Labute approximate surface area is 112 Å². The zero-order valence-corrected chi connectivity index (χ0v) is 12.2. The lowest BCUT2D eigenvalue weighted by Gasteiger charge is -2.19. The Kier molecular flexibility index (Phi) is 6.55. The summed E-state index contributed by atoms with van der Waals surface area (Å²) >= 11 is 3.50. The lowest BCUT2D eigenvalue weighted by atomic mass is 10.2. The summed E-state index contributed by atoms with van der Waals surface area (Å²) in [5.74, 6) is 0.877. The molecule has 0 amide bonds. The van der Waals surface area contributed by atoms with Gasteiger partial charge in [-0.25, -0.2) is 0 Å². The Balaban J connectivity index is 2.56. The van der Waals surface area contributed by atoms with Crippen LogP contribution in [0, 0.1) is 0 Å². The molecule has 0 radical (unpaired) electrons. The summed E-state index contributed by atoms with van der Waals surface area (Å²) in [4.78, 5) is 2.33. The fourth-order valence-electron chi connectivity index (χ4n) is 1.69. The Morgan fingerprint density at radius 3 is 2.59 bits per heavy atom. The SMILES string of the molecule is CCN(CC)CCOc1c(Br)cccc1CN. The van der Waals surface area contributed by atoms with E-state index < -0.39 is 0 Å². The lowest BCUT2D eigenvalue weighted by molar-refractivity contribution is 0.221. The fourth-order valence-corrected chi connectivity index (χ4v) is 2.21. The largest absolute Gasteiger partial charge is 0.491 e. The number of para-hydroxylation sites is 1. The number of ether oxygens (including phenoxy) is 1. The van der Waals surface area contributed by atoms with Crippen LogP contribution in [0.15, 0.2) is 22.7 Å². The van der Waals surface area contributed by atoms with Gasteiger partial charge in [0.1, 0.15) is 12.4 Å². The number of hydrogen-bond acceptors (Lipinski definition) is 3. The summed E-state index contributed by atoms with van der Waals surface area (Å²) in [6.45, 7) is 8.56. The Bertz CT molecular complexity index is 340. The second-order valence-corrected chi connectivity index (χ2v) is 4.66. The summed E-state index contributed by atoms with van der Waals surface area (Å²) in [6.07, 6.45) is 0. The highest BCUT2D eigenvalue weighted by atomic mass is 79.9. The first kappa shape index (κ1) is 14.5. The molecule has 0 aromatic heterocycles. The summed E-state index contributed by atoms with van der Waals surface area (Å²) in [5, 5.41) is 0. The van der Waals surface area contributed by atoms with Crippen molar-refractivity contribution in [2.75, 3.05) is 26.2 Å². The van der Waals surface area contributed by atoms with E-state index in [1.807, 2.05) is 18.2 Å². The maximum Gasteiger partial charge on any atom is 0.138 e. The third-order valence-electron chi connectivity index (χ3n) is 2.82. The van der Waals surface area contributed by atoms with Gasteiger partial charge in [0.15, 0.2) is 0 Å². The monoisotopic (exact) mass is 300 g/mol. The van der Waals surface area contributed by atoms with E-state index in [1.54, 1.807) is 0 Å². The molecule has 1 rings (SSSR count). The van der Waals surface area contributed by atoms with Gasteiger partial charge >= 0.3 is 0 Å². The normalized spacial score (nSPS) is 10.9. The third kappa shape index (κ3) is 4.30. The van der Waals surface area contributed by atoms with Crippen LogP contribution in [-0.2, 0) is 6.54 Å². The van der Waals surface area contributed by atoms with Crippen molar-refractivity contribution >= 4 is 15.9 Å². The minimum absolute atomic E-state index is 0.500. The molecular formula is C13H21BrN2O. The molecule has 96 valence electrons. The summed E-state index contributed by atoms with van der Waals surface area (Å²) in [5.41, 5.74) is 6.73. The highest BCUT2D eigenvalue weighted by molar-refractivity contribution is 9.10. The molecule has 1 aromatic carbocycles. The smallest absolute Gasteiger partial charge is 0.138 e. The molecule has 0 heterocycles. The van der Waals surface area contributed by atoms with E-state index in [-0.39, 0.29) is 0 Å². The van der Waals surface area contributed by atoms with Crippen molar-refractivity contribution < 1.29 is 4.74 Å². The van der Waals surface area contributed by atoms with Crippen molar-refractivity contribution in [2.24, 2.45) is 5.73 Å². The van der Waals surface area contributed by atoms with E-state index in [4.69, 9.17) is 10.5 Å². The average Bonchev–Trinajstić information content (AvgIpc) is 2.36. The van der Waals surface area contributed by atoms with Gasteiger partial charge in [-0.05, 0) is 35.1 Å². The standard InChI is InChI=1S/C13H21BrN2O/c1-3-16(4-2)8-9-17-13-11(10-15)6-5-7-12(13)14/h5-7H,3-4,8-10,15H2,1-2H3. The van der Waals surface area contributed by atoms with Crippen molar-refractivity contribution in [3.05, 3.63) is 28.2 Å². The van der Waals surface area contributed by atoms with Crippen LogP contribution >= 0.6 is 15.9 Å². The molecule has 3 nitrogen and oxygen atoms in total. The minimum atomic E-state index is 0.500. The molecule has 4 heteroatoms. The second kappa shape index (κ2) is 7.69. The molecule has 0 aliphatic rings. The molecule has 0 aliphatic carbocycles. The molecule has 1 aromatic rings. The molecule has 17 heavy (non-hydrogen) atoms. The topological polar surface area (TPSA) is 38.5 Å². The van der Waals surface area contributed by atoms with Crippen LogP contribution in [-0.4, -0.2) is 31.1 Å². The number of halogens is 1. The van der Waals surface area contributed by atoms with E-state index in [9.17, 15) is 0 Å². The number of likely N-dealkylation sites (N-methyl/N-ethyl adjacent to an activating group) is 1. The molecule has 2 N–H and O–H groups in total. The zero-order valence-electron chi connectivity index (χ0n) is 10.6. The maximum atomic E-state index is 5.82. The van der Waals surface area contributed by atoms with Crippen molar-refractivity contribution in [2.45, 2.75) is 20.4 Å². The van der Waals surface area contributed by atoms with E-state index in [0.29, 0.717) is 13.2 Å². The summed E-state index contributed by atoms with van der Waals surface area (Å²) < 4.78 is 6.80. The highest BCUT2D eigenvalue weighted by Crippen LogP contribution is 2.28. The number of nitrogens with zero attached hydrogens (tertiary/aromatic N) is 1. The predicted molar refractivity (Wildman–Crippen MR) is 75.3 cm³/mol. The molecule has 0 spiro atoms. The van der Waals surface area contributed by atoms with Gasteiger partial charge in [0.2, 0.25) is 0 Å². The molecule has 0 bridgehead atoms. The third-order valence-corrected chi connectivity index (χ3v) is 3.44. The van der Waals surface area contributed by atoms with Crippen molar-refractivity contribution in [3.8, 4) is 5.75 Å². The van der Waals surface area contributed by atoms with Gasteiger partial charge in [-0.3, -0.25) is 0 Å². The van der Waals surface area contributed by atoms with Crippen LogP contribution in [0.5, 0.6) is 5.75 Å². The number of benzene rings is 1. The van der Waals surface area contributed by atoms with E-state index >= 15 is 0 Å². The predicted octanol–water partition coefficient (Wildman–Crippen LogP) is 2.63. The van der Waals surface area contributed by atoms with Gasteiger partial charge in [-0.15, -0.1) is 0 Å². The molecule has 0 fully saturated rings. The van der Waals surface area contributed by atoms with Crippen LogP contribution in [0.4, 0.5) is 0 Å². The van der Waals surface area contributed by atoms with Gasteiger partial charge < -0.3 is 15.4 Å². The number of nitrogens with two attached hydrogens (primary N) is 1. The van der Waals surface area contributed by atoms with Crippen molar-refractivity contribution in [1.29, 1.82) is 0 Å². The van der Waals surface area contributed by atoms with Crippen LogP contribution in [0.3, 0.4) is 0 Å². The molecule has 0 atom stereocenters. The van der Waals surface area contributed by atoms with Crippen LogP contribution in [0.2, 0.25) is 0 Å². The summed E-state index contributed by atoms with van der Waals surface area (Å²) in [7, 11) is 0. The Morgan fingerprint density at radius 1 is 1.29 bits per heavy atom. The van der Waals surface area contributed by atoms with Gasteiger partial charge in [-0.1, -0.05) is 26.0 Å². The first-order valence-electron chi connectivity index (χ1n) is 6.05. The van der Waals surface area contributed by atoms with Gasteiger partial charge in [0, 0.05) is 18.7 Å². The van der Waals surface area contributed by atoms with Crippen molar-refractivity contribution in [3.63, 3.8) is 0 Å². The van der Waals surface area contributed by atoms with E-state index in [0.717, 1.165) is 35.4 Å². The molecule has 0 aliphatic heterocycles.